The Morgan fingerprint density at radius 1 is 1.27 bits per heavy atom. The Balaban J connectivity index is 2.14. The van der Waals surface area contributed by atoms with Crippen molar-refractivity contribution in [2.75, 3.05) is 33.4 Å². The molecule has 1 aliphatic rings. The Hall–Kier alpha value is -1.75. The average molecular weight is 306 g/mol. The molecule has 22 heavy (non-hydrogen) atoms. The maximum absolute atomic E-state index is 11.6. The molecule has 0 bridgehead atoms. The molecule has 1 amide bonds. The maximum atomic E-state index is 11.6. The van der Waals surface area contributed by atoms with Gasteiger partial charge in [0.2, 0.25) is 0 Å². The molecule has 0 saturated carbocycles. The Bertz CT molecular complexity index is 473. The van der Waals surface area contributed by atoms with E-state index in [2.05, 4.69) is 16.3 Å². The van der Waals surface area contributed by atoms with Gasteiger partial charge in [-0.25, -0.2) is 4.79 Å². The molecular weight excluding hydrogens is 280 g/mol. The second kappa shape index (κ2) is 8.63. The van der Waals surface area contributed by atoms with E-state index >= 15 is 0 Å². The van der Waals surface area contributed by atoms with Gasteiger partial charge in [-0.2, -0.15) is 0 Å². The van der Waals surface area contributed by atoms with Crippen molar-refractivity contribution in [3.05, 3.63) is 29.8 Å². The molecule has 0 radical (unpaired) electrons. The number of rotatable bonds is 6. The van der Waals surface area contributed by atoms with Gasteiger partial charge < -0.3 is 14.8 Å². The predicted molar refractivity (Wildman–Crippen MR) is 86.2 cm³/mol. The number of hydrogen-bond donors (Lipinski definition) is 1. The summed E-state index contributed by atoms with van der Waals surface area (Å²) < 4.78 is 10.5. The standard InChI is InChI=1S/C17H26N2O3/c1-3-22-17(20)18-13-15(19-11-7-4-8-12-19)14-9-5-6-10-16(14)21-2/h5-6,9-10,15H,3-4,7-8,11-13H2,1-2H3,(H,18,20). The molecule has 1 unspecified atom stereocenters. The number of methoxy groups -OCH3 is 1. The monoisotopic (exact) mass is 306 g/mol. The van der Waals surface area contributed by atoms with Crippen LogP contribution in [0.5, 0.6) is 5.75 Å². The molecular formula is C17H26N2O3. The number of alkyl carbamates (subject to hydrolysis) is 1. The fraction of sp³-hybridized carbons (Fsp3) is 0.588. The number of para-hydroxylation sites is 1. The van der Waals surface area contributed by atoms with Gasteiger partial charge in [0.15, 0.2) is 0 Å². The first-order valence-electron chi connectivity index (χ1n) is 8.03. The smallest absolute Gasteiger partial charge is 0.407 e. The minimum absolute atomic E-state index is 0.112. The van der Waals surface area contributed by atoms with Crippen LogP contribution in [0.25, 0.3) is 0 Å². The van der Waals surface area contributed by atoms with Crippen molar-refractivity contribution in [3.63, 3.8) is 0 Å². The largest absolute Gasteiger partial charge is 0.496 e. The van der Waals surface area contributed by atoms with E-state index in [4.69, 9.17) is 9.47 Å². The van der Waals surface area contributed by atoms with E-state index in [9.17, 15) is 4.79 Å². The Kier molecular flexibility index (Phi) is 6.52. The molecule has 1 aromatic rings. The van der Waals surface area contributed by atoms with Crippen molar-refractivity contribution in [1.29, 1.82) is 0 Å². The highest BCUT2D eigenvalue weighted by Gasteiger charge is 2.25. The topological polar surface area (TPSA) is 50.8 Å². The zero-order chi connectivity index (χ0) is 15.8. The van der Waals surface area contributed by atoms with Gasteiger partial charge in [-0.05, 0) is 38.9 Å². The van der Waals surface area contributed by atoms with E-state index in [0.29, 0.717) is 13.2 Å². The third-order valence-corrected chi connectivity index (χ3v) is 4.04. The van der Waals surface area contributed by atoms with Gasteiger partial charge in [0.1, 0.15) is 5.75 Å². The van der Waals surface area contributed by atoms with Crippen molar-refractivity contribution < 1.29 is 14.3 Å². The van der Waals surface area contributed by atoms with Gasteiger partial charge in [0, 0.05) is 12.1 Å². The number of carbonyl (C=O) groups is 1. The molecule has 1 aromatic carbocycles. The lowest BCUT2D eigenvalue weighted by molar-refractivity contribution is 0.134. The Labute approximate surface area is 132 Å². The van der Waals surface area contributed by atoms with Crippen LogP contribution in [0.15, 0.2) is 24.3 Å². The molecule has 122 valence electrons. The molecule has 0 aromatic heterocycles. The third kappa shape index (κ3) is 4.37. The summed E-state index contributed by atoms with van der Waals surface area (Å²) in [5.41, 5.74) is 1.11. The van der Waals surface area contributed by atoms with Crippen LogP contribution in [0.4, 0.5) is 4.79 Å². The van der Waals surface area contributed by atoms with Gasteiger partial charge >= 0.3 is 6.09 Å². The number of amides is 1. The van der Waals surface area contributed by atoms with Crippen LogP contribution < -0.4 is 10.1 Å². The highest BCUT2D eigenvalue weighted by atomic mass is 16.5. The van der Waals surface area contributed by atoms with E-state index in [-0.39, 0.29) is 12.1 Å². The zero-order valence-corrected chi connectivity index (χ0v) is 13.5. The van der Waals surface area contributed by atoms with Crippen LogP contribution in [0, 0.1) is 0 Å². The Morgan fingerprint density at radius 2 is 2.00 bits per heavy atom. The lowest BCUT2D eigenvalue weighted by Crippen LogP contribution is -2.41. The third-order valence-electron chi connectivity index (χ3n) is 4.04. The molecule has 0 spiro atoms. The number of hydrogen-bond acceptors (Lipinski definition) is 4. The molecule has 1 atom stereocenters. The van der Waals surface area contributed by atoms with Crippen LogP contribution in [-0.4, -0.2) is 44.3 Å². The summed E-state index contributed by atoms with van der Waals surface area (Å²) in [5.74, 6) is 0.865. The fourth-order valence-corrected chi connectivity index (χ4v) is 2.97. The first-order chi connectivity index (χ1) is 10.8. The SMILES string of the molecule is CCOC(=O)NCC(c1ccccc1OC)N1CCCCC1. The number of likely N-dealkylation sites (tertiary alicyclic amines) is 1. The molecule has 2 rings (SSSR count). The summed E-state index contributed by atoms with van der Waals surface area (Å²) in [6, 6.07) is 8.13. The minimum Gasteiger partial charge on any atom is -0.496 e. The minimum atomic E-state index is -0.362. The molecule has 0 aliphatic carbocycles. The summed E-state index contributed by atoms with van der Waals surface area (Å²) in [4.78, 5) is 14.1. The second-order valence-corrected chi connectivity index (χ2v) is 5.46. The predicted octanol–water partition coefficient (Wildman–Crippen LogP) is 2.97. The normalized spacial score (nSPS) is 16.8. The van der Waals surface area contributed by atoms with Crippen molar-refractivity contribution >= 4 is 6.09 Å². The fourth-order valence-electron chi connectivity index (χ4n) is 2.97. The van der Waals surface area contributed by atoms with Crippen molar-refractivity contribution in [3.8, 4) is 5.75 Å². The molecule has 1 fully saturated rings. The average Bonchev–Trinajstić information content (AvgIpc) is 2.57. The summed E-state index contributed by atoms with van der Waals surface area (Å²) >= 11 is 0. The lowest BCUT2D eigenvalue weighted by Gasteiger charge is -2.35. The number of piperidine rings is 1. The van der Waals surface area contributed by atoms with Crippen LogP contribution >= 0.6 is 0 Å². The number of nitrogens with one attached hydrogen (secondary N) is 1. The van der Waals surface area contributed by atoms with Gasteiger partial charge in [0.25, 0.3) is 0 Å². The van der Waals surface area contributed by atoms with Crippen molar-refractivity contribution in [2.45, 2.75) is 32.2 Å². The molecule has 5 heteroatoms. The van der Waals surface area contributed by atoms with Gasteiger partial charge in [-0.1, -0.05) is 24.6 Å². The summed E-state index contributed by atoms with van der Waals surface area (Å²) in [5, 5.41) is 2.87. The Morgan fingerprint density at radius 3 is 2.68 bits per heavy atom. The van der Waals surface area contributed by atoms with E-state index in [1.54, 1.807) is 7.11 Å². The molecule has 1 saturated heterocycles. The lowest BCUT2D eigenvalue weighted by atomic mass is 10.0. The van der Waals surface area contributed by atoms with Crippen LogP contribution in [0.3, 0.4) is 0 Å². The summed E-state index contributed by atoms with van der Waals surface area (Å²) in [6.07, 6.45) is 3.32. The second-order valence-electron chi connectivity index (χ2n) is 5.46. The van der Waals surface area contributed by atoms with Gasteiger partial charge in [0.05, 0.1) is 19.8 Å². The number of nitrogens with zero attached hydrogens (tertiary/aromatic N) is 1. The summed E-state index contributed by atoms with van der Waals surface area (Å²) in [6.45, 7) is 4.82. The van der Waals surface area contributed by atoms with Gasteiger partial charge in [-0.15, -0.1) is 0 Å². The molecule has 1 heterocycles. The van der Waals surface area contributed by atoms with E-state index < -0.39 is 0 Å². The van der Waals surface area contributed by atoms with Crippen LogP contribution in [0.1, 0.15) is 37.8 Å². The molecule has 1 aliphatic heterocycles. The maximum Gasteiger partial charge on any atom is 0.407 e. The number of carbonyl (C=O) groups excluding carboxylic acids is 1. The summed E-state index contributed by atoms with van der Waals surface area (Å²) in [7, 11) is 1.69. The first kappa shape index (κ1) is 16.6. The zero-order valence-electron chi connectivity index (χ0n) is 13.5. The van der Waals surface area contributed by atoms with Gasteiger partial charge in [-0.3, -0.25) is 4.90 Å². The van der Waals surface area contributed by atoms with Crippen LogP contribution in [-0.2, 0) is 4.74 Å². The van der Waals surface area contributed by atoms with E-state index in [1.807, 2.05) is 25.1 Å². The van der Waals surface area contributed by atoms with Crippen LogP contribution in [0.2, 0.25) is 0 Å². The van der Waals surface area contributed by atoms with E-state index in [0.717, 1.165) is 24.4 Å². The highest BCUT2D eigenvalue weighted by Crippen LogP contribution is 2.30. The van der Waals surface area contributed by atoms with Crippen molar-refractivity contribution in [1.82, 2.24) is 10.2 Å². The number of ether oxygens (including phenoxy) is 2. The highest BCUT2D eigenvalue weighted by molar-refractivity contribution is 5.67. The quantitative estimate of drug-likeness (QED) is 0.878. The van der Waals surface area contributed by atoms with Crippen molar-refractivity contribution in [2.24, 2.45) is 0 Å². The molecule has 1 N–H and O–H groups in total. The van der Waals surface area contributed by atoms with E-state index in [1.165, 1.54) is 19.3 Å². The molecule has 5 nitrogen and oxygen atoms in total. The number of benzene rings is 1. The first-order valence-corrected chi connectivity index (χ1v) is 8.03.